The van der Waals surface area contributed by atoms with Gasteiger partial charge in [0.25, 0.3) is 0 Å². The van der Waals surface area contributed by atoms with Crippen LogP contribution in [-0.2, 0) is 16.0 Å². The molecule has 0 aliphatic heterocycles. The molecule has 0 aromatic heterocycles. The van der Waals surface area contributed by atoms with E-state index in [-0.39, 0.29) is 18.2 Å². The van der Waals surface area contributed by atoms with Crippen molar-refractivity contribution in [3.8, 4) is 5.75 Å². The molecule has 2 N–H and O–H groups in total. The highest BCUT2D eigenvalue weighted by molar-refractivity contribution is 6.30. The minimum atomic E-state index is -1.03. The highest BCUT2D eigenvalue weighted by Crippen LogP contribution is 2.23. The minimum absolute atomic E-state index is 0.0178. The van der Waals surface area contributed by atoms with Crippen molar-refractivity contribution in [1.29, 1.82) is 0 Å². The molecule has 0 fully saturated rings. The Kier molecular flexibility index (Phi) is 6.49. The first kappa shape index (κ1) is 17.3. The first-order valence-electron chi connectivity index (χ1n) is 6.73. The summed E-state index contributed by atoms with van der Waals surface area (Å²) in [4.78, 5) is 23.3. The van der Waals surface area contributed by atoms with Gasteiger partial charge in [-0.25, -0.2) is 4.79 Å². The topological polar surface area (TPSA) is 75.6 Å². The number of methoxy groups -OCH3 is 1. The smallest absolute Gasteiger partial charge is 0.326 e. The molecule has 0 saturated heterocycles. The third-order valence-electron chi connectivity index (χ3n) is 3.39. The Hall–Kier alpha value is -1.75. The summed E-state index contributed by atoms with van der Waals surface area (Å²) in [5.41, 5.74) is 0.621. The SMILES string of the molecule is CCC(C)[C@H](NC(=O)Cc1cc(Cl)ccc1OC)C(=O)O. The molecule has 0 radical (unpaired) electrons. The van der Waals surface area contributed by atoms with Crippen molar-refractivity contribution >= 4 is 23.5 Å². The quantitative estimate of drug-likeness (QED) is 0.811. The van der Waals surface area contributed by atoms with E-state index in [0.29, 0.717) is 22.8 Å². The molecule has 0 spiro atoms. The van der Waals surface area contributed by atoms with E-state index in [4.69, 9.17) is 16.3 Å². The molecule has 0 saturated carbocycles. The summed E-state index contributed by atoms with van der Waals surface area (Å²) in [6, 6.07) is 4.08. The molecule has 1 rings (SSSR count). The number of rotatable bonds is 7. The molecule has 1 amide bonds. The third-order valence-corrected chi connectivity index (χ3v) is 3.62. The fourth-order valence-electron chi connectivity index (χ4n) is 1.97. The van der Waals surface area contributed by atoms with Gasteiger partial charge in [0.05, 0.1) is 13.5 Å². The van der Waals surface area contributed by atoms with Crippen LogP contribution >= 0.6 is 11.6 Å². The van der Waals surface area contributed by atoms with Crippen LogP contribution in [0, 0.1) is 5.92 Å². The largest absolute Gasteiger partial charge is 0.496 e. The van der Waals surface area contributed by atoms with E-state index in [9.17, 15) is 14.7 Å². The van der Waals surface area contributed by atoms with Crippen LogP contribution < -0.4 is 10.1 Å². The van der Waals surface area contributed by atoms with Crippen LogP contribution in [-0.4, -0.2) is 30.1 Å². The van der Waals surface area contributed by atoms with Gasteiger partial charge in [-0.3, -0.25) is 4.79 Å². The number of halogens is 1. The maximum atomic E-state index is 12.1. The van der Waals surface area contributed by atoms with E-state index in [1.165, 1.54) is 7.11 Å². The average molecular weight is 314 g/mol. The summed E-state index contributed by atoms with van der Waals surface area (Å²) in [6.07, 6.45) is 0.682. The van der Waals surface area contributed by atoms with Gasteiger partial charge in [0.1, 0.15) is 11.8 Å². The molecule has 21 heavy (non-hydrogen) atoms. The Morgan fingerprint density at radius 3 is 2.62 bits per heavy atom. The summed E-state index contributed by atoms with van der Waals surface area (Å²) in [7, 11) is 1.50. The zero-order valence-electron chi connectivity index (χ0n) is 12.4. The normalized spacial score (nSPS) is 13.3. The Bertz CT molecular complexity index is 518. The lowest BCUT2D eigenvalue weighted by atomic mass is 9.99. The molecule has 116 valence electrons. The molecule has 2 atom stereocenters. The first-order valence-corrected chi connectivity index (χ1v) is 7.11. The number of carbonyl (C=O) groups is 2. The van der Waals surface area contributed by atoms with Crippen LogP contribution in [0.1, 0.15) is 25.8 Å². The van der Waals surface area contributed by atoms with E-state index in [1.54, 1.807) is 25.1 Å². The van der Waals surface area contributed by atoms with E-state index in [2.05, 4.69) is 5.32 Å². The second-order valence-corrected chi connectivity index (χ2v) is 5.34. The van der Waals surface area contributed by atoms with Gasteiger partial charge in [0.2, 0.25) is 5.91 Å². The minimum Gasteiger partial charge on any atom is -0.496 e. The Balaban J connectivity index is 2.81. The summed E-state index contributed by atoms with van der Waals surface area (Å²) in [6.45, 7) is 3.67. The molecular formula is C15H20ClNO4. The summed E-state index contributed by atoms with van der Waals surface area (Å²) < 4.78 is 5.17. The fraction of sp³-hybridized carbons (Fsp3) is 0.467. The monoisotopic (exact) mass is 313 g/mol. The predicted octanol–water partition coefficient (Wildman–Crippen LogP) is 2.51. The zero-order chi connectivity index (χ0) is 16.0. The van der Waals surface area contributed by atoms with Crippen molar-refractivity contribution in [2.45, 2.75) is 32.7 Å². The molecular weight excluding hydrogens is 294 g/mol. The molecule has 1 unspecified atom stereocenters. The van der Waals surface area contributed by atoms with Gasteiger partial charge in [0, 0.05) is 10.6 Å². The van der Waals surface area contributed by atoms with Crippen molar-refractivity contribution in [3.63, 3.8) is 0 Å². The van der Waals surface area contributed by atoms with E-state index in [1.807, 2.05) is 6.92 Å². The number of carbonyl (C=O) groups excluding carboxylic acids is 1. The molecule has 6 heteroatoms. The number of ether oxygens (including phenoxy) is 1. The molecule has 0 bridgehead atoms. The van der Waals surface area contributed by atoms with E-state index >= 15 is 0 Å². The van der Waals surface area contributed by atoms with Crippen LogP contribution in [0.5, 0.6) is 5.75 Å². The number of carboxylic acids is 1. The van der Waals surface area contributed by atoms with Crippen LogP contribution in [0.15, 0.2) is 18.2 Å². The van der Waals surface area contributed by atoms with Crippen LogP contribution in [0.3, 0.4) is 0 Å². The average Bonchev–Trinajstić information content (AvgIpc) is 2.44. The van der Waals surface area contributed by atoms with Gasteiger partial charge < -0.3 is 15.2 Å². The highest BCUT2D eigenvalue weighted by Gasteiger charge is 2.25. The van der Waals surface area contributed by atoms with Gasteiger partial charge in [0.15, 0.2) is 0 Å². The lowest BCUT2D eigenvalue weighted by Crippen LogP contribution is -2.45. The third kappa shape index (κ3) is 4.93. The molecule has 5 nitrogen and oxygen atoms in total. The number of nitrogens with one attached hydrogen (secondary N) is 1. The second kappa shape index (κ2) is 7.88. The fourth-order valence-corrected chi connectivity index (χ4v) is 2.16. The number of carboxylic acid groups (broad SMARTS) is 1. The molecule has 1 aromatic carbocycles. The lowest BCUT2D eigenvalue weighted by Gasteiger charge is -2.20. The number of hydrogen-bond acceptors (Lipinski definition) is 3. The molecule has 0 aliphatic carbocycles. The number of aliphatic carboxylic acids is 1. The Morgan fingerprint density at radius 1 is 1.43 bits per heavy atom. The van der Waals surface area contributed by atoms with E-state index in [0.717, 1.165) is 0 Å². The van der Waals surface area contributed by atoms with Crippen molar-refractivity contribution in [3.05, 3.63) is 28.8 Å². The first-order chi connectivity index (χ1) is 9.88. The van der Waals surface area contributed by atoms with Crippen LogP contribution in [0.2, 0.25) is 5.02 Å². The Labute approximate surface area is 129 Å². The summed E-state index contributed by atoms with van der Waals surface area (Å²) in [5, 5.41) is 12.2. The molecule has 0 heterocycles. The van der Waals surface area contributed by atoms with Crippen molar-refractivity contribution in [2.75, 3.05) is 7.11 Å². The zero-order valence-corrected chi connectivity index (χ0v) is 13.1. The van der Waals surface area contributed by atoms with Gasteiger partial charge in [-0.2, -0.15) is 0 Å². The van der Waals surface area contributed by atoms with Gasteiger partial charge in [-0.1, -0.05) is 31.9 Å². The maximum absolute atomic E-state index is 12.1. The number of benzene rings is 1. The van der Waals surface area contributed by atoms with Gasteiger partial charge >= 0.3 is 5.97 Å². The van der Waals surface area contributed by atoms with Gasteiger partial charge in [-0.15, -0.1) is 0 Å². The highest BCUT2D eigenvalue weighted by atomic mass is 35.5. The summed E-state index contributed by atoms with van der Waals surface area (Å²) >= 11 is 5.90. The number of amides is 1. The molecule has 1 aromatic rings. The predicted molar refractivity (Wildman–Crippen MR) is 80.7 cm³/mol. The Morgan fingerprint density at radius 2 is 2.10 bits per heavy atom. The standard InChI is InChI=1S/C15H20ClNO4/c1-4-9(2)14(15(19)20)17-13(18)8-10-7-11(16)5-6-12(10)21-3/h5-7,9,14H,4,8H2,1-3H3,(H,17,18)(H,19,20)/t9?,14-/m0/s1. The maximum Gasteiger partial charge on any atom is 0.326 e. The summed E-state index contributed by atoms with van der Waals surface area (Å²) in [5.74, 6) is -1.00. The van der Waals surface area contributed by atoms with Gasteiger partial charge in [-0.05, 0) is 24.1 Å². The molecule has 0 aliphatic rings. The van der Waals surface area contributed by atoms with E-state index < -0.39 is 12.0 Å². The van der Waals surface area contributed by atoms with Crippen LogP contribution in [0.25, 0.3) is 0 Å². The van der Waals surface area contributed by atoms with Crippen LogP contribution in [0.4, 0.5) is 0 Å². The number of hydrogen-bond donors (Lipinski definition) is 2. The van der Waals surface area contributed by atoms with Crippen molar-refractivity contribution in [1.82, 2.24) is 5.32 Å². The lowest BCUT2D eigenvalue weighted by molar-refractivity contribution is -0.143. The van der Waals surface area contributed by atoms with Crippen molar-refractivity contribution in [2.24, 2.45) is 5.92 Å². The second-order valence-electron chi connectivity index (χ2n) is 4.90. The van der Waals surface area contributed by atoms with Crippen molar-refractivity contribution < 1.29 is 19.4 Å².